The van der Waals surface area contributed by atoms with Gasteiger partial charge in [0.2, 0.25) is 0 Å². The molecule has 0 bridgehead atoms. The summed E-state index contributed by atoms with van der Waals surface area (Å²) in [5.41, 5.74) is 7.79. The third-order valence-electron chi connectivity index (χ3n) is 3.23. The highest BCUT2D eigenvalue weighted by Gasteiger charge is 2.20. The smallest absolute Gasteiger partial charge is 0.262 e. The quantitative estimate of drug-likeness (QED) is 0.857. The van der Waals surface area contributed by atoms with E-state index in [2.05, 4.69) is 0 Å². The topological polar surface area (TPSA) is 55.6 Å². The van der Waals surface area contributed by atoms with Gasteiger partial charge >= 0.3 is 0 Å². The predicted octanol–water partition coefficient (Wildman–Crippen LogP) is 3.33. The number of para-hydroxylation sites is 1. The fourth-order valence-corrected chi connectivity index (χ4v) is 2.19. The molecule has 0 saturated heterocycles. The van der Waals surface area contributed by atoms with Gasteiger partial charge in [-0.2, -0.15) is 0 Å². The Hall–Kier alpha value is -2.49. The van der Waals surface area contributed by atoms with E-state index in [1.165, 1.54) is 0 Å². The molecule has 0 aliphatic rings. The molecule has 0 heterocycles. The summed E-state index contributed by atoms with van der Waals surface area (Å²) >= 11 is 0. The number of ether oxygens (including phenoxy) is 1. The summed E-state index contributed by atoms with van der Waals surface area (Å²) in [6, 6.07) is 14.6. The number of carbonyl (C=O) groups is 1. The summed E-state index contributed by atoms with van der Waals surface area (Å²) in [5.74, 6) is 0.512. The van der Waals surface area contributed by atoms with Crippen LogP contribution in [0.1, 0.15) is 23.7 Å². The fraction of sp³-hybridized carbons (Fsp3) is 0.235. The molecule has 4 heteroatoms. The van der Waals surface area contributed by atoms with Gasteiger partial charge in [0.15, 0.2) is 0 Å². The standard InChI is InChI=1S/C17H20N2O2/c1-3-12-19(14-10-8-13(18)9-11-14)17(20)15-6-4-5-7-16(15)21-2/h4-11H,3,12,18H2,1-2H3. The number of benzene rings is 2. The van der Waals surface area contributed by atoms with E-state index in [4.69, 9.17) is 10.5 Å². The van der Waals surface area contributed by atoms with E-state index in [1.54, 1.807) is 36.3 Å². The zero-order chi connectivity index (χ0) is 15.2. The Balaban J connectivity index is 2.37. The summed E-state index contributed by atoms with van der Waals surface area (Å²) in [6.07, 6.45) is 0.866. The van der Waals surface area contributed by atoms with E-state index < -0.39 is 0 Å². The number of amides is 1. The second kappa shape index (κ2) is 6.79. The predicted molar refractivity (Wildman–Crippen MR) is 85.8 cm³/mol. The molecule has 0 atom stereocenters. The molecular weight excluding hydrogens is 264 g/mol. The van der Waals surface area contributed by atoms with Crippen LogP contribution in [-0.4, -0.2) is 19.6 Å². The van der Waals surface area contributed by atoms with Gasteiger partial charge in [-0.25, -0.2) is 0 Å². The van der Waals surface area contributed by atoms with Crippen molar-refractivity contribution in [3.8, 4) is 5.75 Å². The average Bonchev–Trinajstić information content (AvgIpc) is 2.53. The minimum atomic E-state index is -0.0703. The first-order valence-electron chi connectivity index (χ1n) is 6.97. The third-order valence-corrected chi connectivity index (χ3v) is 3.23. The van der Waals surface area contributed by atoms with Gasteiger partial charge in [0, 0.05) is 17.9 Å². The van der Waals surface area contributed by atoms with E-state index >= 15 is 0 Å². The number of nitrogen functional groups attached to an aromatic ring is 1. The first-order valence-corrected chi connectivity index (χ1v) is 6.97. The lowest BCUT2D eigenvalue weighted by Gasteiger charge is -2.23. The lowest BCUT2D eigenvalue weighted by Crippen LogP contribution is -2.31. The normalized spacial score (nSPS) is 10.2. The Morgan fingerprint density at radius 3 is 2.43 bits per heavy atom. The van der Waals surface area contributed by atoms with Crippen molar-refractivity contribution in [3.63, 3.8) is 0 Å². The van der Waals surface area contributed by atoms with Crippen molar-refractivity contribution in [1.29, 1.82) is 0 Å². The minimum absolute atomic E-state index is 0.0703. The maximum Gasteiger partial charge on any atom is 0.262 e. The number of carbonyl (C=O) groups excluding carboxylic acids is 1. The Bertz CT molecular complexity index is 608. The highest BCUT2D eigenvalue weighted by molar-refractivity contribution is 6.07. The molecule has 4 nitrogen and oxygen atoms in total. The second-order valence-electron chi connectivity index (χ2n) is 4.75. The van der Waals surface area contributed by atoms with Crippen molar-refractivity contribution in [3.05, 3.63) is 54.1 Å². The van der Waals surface area contributed by atoms with E-state index in [-0.39, 0.29) is 5.91 Å². The number of hydrogen-bond donors (Lipinski definition) is 1. The van der Waals surface area contributed by atoms with Crippen LogP contribution in [0.2, 0.25) is 0 Å². The Labute approximate surface area is 125 Å². The molecule has 0 aliphatic carbocycles. The van der Waals surface area contributed by atoms with Gasteiger partial charge in [0.05, 0.1) is 12.7 Å². The molecule has 0 fully saturated rings. The summed E-state index contributed by atoms with van der Waals surface area (Å²) in [5, 5.41) is 0. The molecule has 0 unspecified atom stereocenters. The van der Waals surface area contributed by atoms with Gasteiger partial charge in [-0.05, 0) is 42.8 Å². The number of hydrogen-bond acceptors (Lipinski definition) is 3. The van der Waals surface area contributed by atoms with Crippen LogP contribution in [-0.2, 0) is 0 Å². The molecule has 0 saturated carbocycles. The van der Waals surface area contributed by atoms with Gasteiger partial charge in [0.1, 0.15) is 5.75 Å². The first kappa shape index (κ1) is 14.9. The molecule has 0 radical (unpaired) electrons. The number of nitrogens with zero attached hydrogens (tertiary/aromatic N) is 1. The molecule has 2 aromatic rings. The lowest BCUT2D eigenvalue weighted by molar-refractivity contribution is 0.0984. The van der Waals surface area contributed by atoms with E-state index in [9.17, 15) is 4.79 Å². The minimum Gasteiger partial charge on any atom is -0.496 e. The zero-order valence-corrected chi connectivity index (χ0v) is 12.4. The summed E-state index contributed by atoms with van der Waals surface area (Å²) < 4.78 is 5.28. The molecule has 0 aliphatic heterocycles. The maximum absolute atomic E-state index is 12.8. The number of rotatable bonds is 5. The molecule has 21 heavy (non-hydrogen) atoms. The summed E-state index contributed by atoms with van der Waals surface area (Å²) in [6.45, 7) is 2.68. The van der Waals surface area contributed by atoms with Crippen molar-refractivity contribution in [2.24, 2.45) is 0 Å². The van der Waals surface area contributed by atoms with Crippen molar-refractivity contribution in [2.45, 2.75) is 13.3 Å². The van der Waals surface area contributed by atoms with Gasteiger partial charge in [-0.1, -0.05) is 19.1 Å². The van der Waals surface area contributed by atoms with E-state index in [0.29, 0.717) is 23.5 Å². The second-order valence-corrected chi connectivity index (χ2v) is 4.75. The van der Waals surface area contributed by atoms with Crippen LogP contribution < -0.4 is 15.4 Å². The summed E-state index contributed by atoms with van der Waals surface area (Å²) in [7, 11) is 1.57. The van der Waals surface area contributed by atoms with Crippen LogP contribution in [0.5, 0.6) is 5.75 Å². The maximum atomic E-state index is 12.8. The van der Waals surface area contributed by atoms with Crippen LogP contribution in [0.25, 0.3) is 0 Å². The van der Waals surface area contributed by atoms with Crippen molar-refractivity contribution >= 4 is 17.3 Å². The van der Waals surface area contributed by atoms with Gasteiger partial charge in [0.25, 0.3) is 5.91 Å². The van der Waals surface area contributed by atoms with E-state index in [1.807, 2.05) is 31.2 Å². The summed E-state index contributed by atoms with van der Waals surface area (Å²) in [4.78, 5) is 14.6. The van der Waals surface area contributed by atoms with E-state index in [0.717, 1.165) is 12.1 Å². The van der Waals surface area contributed by atoms with Crippen LogP contribution in [0, 0.1) is 0 Å². The average molecular weight is 284 g/mol. The third kappa shape index (κ3) is 3.34. The Morgan fingerprint density at radius 2 is 1.81 bits per heavy atom. The Morgan fingerprint density at radius 1 is 1.14 bits per heavy atom. The molecule has 2 aromatic carbocycles. The SMILES string of the molecule is CCCN(C(=O)c1ccccc1OC)c1ccc(N)cc1. The van der Waals surface area contributed by atoms with Crippen LogP contribution in [0.3, 0.4) is 0 Å². The van der Waals surface area contributed by atoms with Crippen molar-refractivity contribution < 1.29 is 9.53 Å². The van der Waals surface area contributed by atoms with Crippen molar-refractivity contribution in [1.82, 2.24) is 0 Å². The number of anilines is 2. The fourth-order valence-electron chi connectivity index (χ4n) is 2.19. The largest absolute Gasteiger partial charge is 0.496 e. The van der Waals surface area contributed by atoms with Crippen LogP contribution in [0.4, 0.5) is 11.4 Å². The molecule has 0 spiro atoms. The van der Waals surface area contributed by atoms with Crippen molar-refractivity contribution in [2.75, 3.05) is 24.3 Å². The highest BCUT2D eigenvalue weighted by Crippen LogP contribution is 2.24. The van der Waals surface area contributed by atoms with Gasteiger partial charge < -0.3 is 15.4 Å². The molecular formula is C17H20N2O2. The highest BCUT2D eigenvalue weighted by atomic mass is 16.5. The molecule has 1 amide bonds. The van der Waals surface area contributed by atoms with Crippen LogP contribution in [0.15, 0.2) is 48.5 Å². The van der Waals surface area contributed by atoms with Gasteiger partial charge in [-0.3, -0.25) is 4.79 Å². The number of methoxy groups -OCH3 is 1. The number of nitrogens with two attached hydrogens (primary N) is 1. The molecule has 2 N–H and O–H groups in total. The lowest BCUT2D eigenvalue weighted by atomic mass is 10.1. The zero-order valence-electron chi connectivity index (χ0n) is 12.4. The Kier molecular flexibility index (Phi) is 4.82. The van der Waals surface area contributed by atoms with Gasteiger partial charge in [-0.15, -0.1) is 0 Å². The monoisotopic (exact) mass is 284 g/mol. The molecule has 0 aromatic heterocycles. The van der Waals surface area contributed by atoms with Crippen LogP contribution >= 0.6 is 0 Å². The molecule has 2 rings (SSSR count). The first-order chi connectivity index (χ1) is 10.2. The molecule has 110 valence electrons.